The summed E-state index contributed by atoms with van der Waals surface area (Å²) in [6.45, 7) is 1.51. The Morgan fingerprint density at radius 2 is 1.81 bits per heavy atom. The molecule has 0 saturated carbocycles. The van der Waals surface area contributed by atoms with Crippen molar-refractivity contribution < 1.29 is 32.5 Å². The molecule has 0 aliphatic heterocycles. The van der Waals surface area contributed by atoms with Gasteiger partial charge in [0.2, 0.25) is 15.8 Å². The van der Waals surface area contributed by atoms with Crippen LogP contribution < -0.4 is 24.4 Å². The lowest BCUT2D eigenvalue weighted by molar-refractivity contribution is 0.0695. The molecule has 0 bridgehead atoms. The van der Waals surface area contributed by atoms with E-state index in [0.717, 1.165) is 5.56 Å². The second kappa shape index (κ2) is 9.17. The number of benzene rings is 1. The first-order valence-electron chi connectivity index (χ1n) is 9.91. The maximum atomic E-state index is 12.4. The van der Waals surface area contributed by atoms with Crippen LogP contribution in [-0.2, 0) is 16.4 Å². The molecule has 0 radical (unpaired) electrons. The van der Waals surface area contributed by atoms with Gasteiger partial charge in [0.05, 0.1) is 27.1 Å². The molecule has 10 heteroatoms. The summed E-state index contributed by atoms with van der Waals surface area (Å²) in [6, 6.07) is 4.93. The smallest absolute Gasteiger partial charge is 0.339 e. The van der Waals surface area contributed by atoms with Gasteiger partial charge in [-0.1, -0.05) is 0 Å². The third kappa shape index (κ3) is 4.28. The first-order valence-corrected chi connectivity index (χ1v) is 11.6. The highest BCUT2D eigenvalue weighted by molar-refractivity contribution is 7.89. The minimum absolute atomic E-state index is 0.145. The first-order chi connectivity index (χ1) is 15.2. The van der Waals surface area contributed by atoms with E-state index in [4.69, 9.17) is 14.2 Å². The molecule has 1 aliphatic rings. The van der Waals surface area contributed by atoms with Crippen LogP contribution in [0.25, 0.3) is 11.1 Å². The van der Waals surface area contributed by atoms with Gasteiger partial charge in [-0.05, 0) is 60.7 Å². The fourth-order valence-corrected chi connectivity index (χ4v) is 4.75. The van der Waals surface area contributed by atoms with Crippen molar-refractivity contribution in [3.63, 3.8) is 0 Å². The number of carbonyl (C=O) groups is 1. The van der Waals surface area contributed by atoms with Crippen molar-refractivity contribution in [3.05, 3.63) is 51.2 Å². The predicted molar refractivity (Wildman–Crippen MR) is 118 cm³/mol. The van der Waals surface area contributed by atoms with E-state index in [0.29, 0.717) is 46.8 Å². The second-order valence-corrected chi connectivity index (χ2v) is 9.26. The molecule has 3 rings (SSSR count). The molecule has 172 valence electrons. The zero-order chi connectivity index (χ0) is 23.6. The van der Waals surface area contributed by atoms with Gasteiger partial charge in [-0.15, -0.1) is 0 Å². The molecule has 2 aromatic carbocycles. The van der Waals surface area contributed by atoms with Gasteiger partial charge in [-0.3, -0.25) is 4.79 Å². The molecule has 2 aromatic rings. The molecule has 0 spiro atoms. The Kier molecular flexibility index (Phi) is 6.75. The van der Waals surface area contributed by atoms with Gasteiger partial charge in [0.25, 0.3) is 0 Å². The number of fused-ring (bicyclic) bond motifs is 3. The van der Waals surface area contributed by atoms with E-state index in [-0.39, 0.29) is 5.75 Å². The molecule has 32 heavy (non-hydrogen) atoms. The van der Waals surface area contributed by atoms with E-state index >= 15 is 0 Å². The highest BCUT2D eigenvalue weighted by Crippen LogP contribution is 2.50. The minimum atomic E-state index is -3.63. The number of rotatable bonds is 7. The highest BCUT2D eigenvalue weighted by atomic mass is 32.2. The lowest BCUT2D eigenvalue weighted by atomic mass is 9.95. The SMILES string of the molecule is CCS(=O)(=O)N[C@H]1CCc2cc(OC)c(OC)c(OC)c2-c2ccc(=O)c(C(=O)O)cc21. The maximum Gasteiger partial charge on any atom is 0.339 e. The summed E-state index contributed by atoms with van der Waals surface area (Å²) in [5, 5.41) is 9.56. The lowest BCUT2D eigenvalue weighted by Crippen LogP contribution is -2.30. The lowest BCUT2D eigenvalue weighted by Gasteiger charge is -2.20. The van der Waals surface area contributed by atoms with Crippen LogP contribution in [0.3, 0.4) is 0 Å². The number of carboxylic acid groups (broad SMARTS) is 1. The number of hydrogen-bond acceptors (Lipinski definition) is 7. The summed E-state index contributed by atoms with van der Waals surface area (Å²) in [6.07, 6.45) is 0.767. The number of methoxy groups -OCH3 is 3. The summed E-state index contributed by atoms with van der Waals surface area (Å²) in [5.41, 5.74) is 1.08. The standard InChI is InChI=1S/C22H25NO8S/c1-5-32(27,28)23-16-8-6-12-10-18(29-2)20(30-3)21(31-4)19(12)13-7-9-17(24)15(22(25)26)11-14(13)16/h7,9-11,16,23H,5-6,8H2,1-4H3,(H,25,26)/t16-/m0/s1. The average Bonchev–Trinajstić information content (AvgIpc) is 3.02. The second-order valence-electron chi connectivity index (χ2n) is 7.22. The molecule has 0 unspecified atom stereocenters. The van der Waals surface area contributed by atoms with E-state index in [9.17, 15) is 23.1 Å². The van der Waals surface area contributed by atoms with E-state index in [1.165, 1.54) is 46.5 Å². The number of nitrogens with one attached hydrogen (secondary N) is 1. The fraction of sp³-hybridized carbons (Fsp3) is 0.364. The van der Waals surface area contributed by atoms with E-state index in [1.807, 2.05) is 0 Å². The molecule has 0 amide bonds. The third-order valence-electron chi connectivity index (χ3n) is 5.47. The van der Waals surface area contributed by atoms with Gasteiger partial charge in [0.1, 0.15) is 5.56 Å². The predicted octanol–water partition coefficient (Wildman–Crippen LogP) is 2.36. The first kappa shape index (κ1) is 23.6. The molecule has 1 aliphatic carbocycles. The summed E-state index contributed by atoms with van der Waals surface area (Å²) in [4.78, 5) is 24.2. The Bertz CT molecular complexity index is 1220. The Morgan fingerprint density at radius 3 is 2.38 bits per heavy atom. The van der Waals surface area contributed by atoms with Crippen molar-refractivity contribution in [2.75, 3.05) is 27.1 Å². The van der Waals surface area contributed by atoms with Crippen LogP contribution in [0.5, 0.6) is 17.2 Å². The van der Waals surface area contributed by atoms with Crippen molar-refractivity contribution in [1.29, 1.82) is 0 Å². The molecular formula is C22H25NO8S. The van der Waals surface area contributed by atoms with Crippen LogP contribution in [0.15, 0.2) is 29.1 Å². The fourth-order valence-electron chi connectivity index (χ4n) is 3.91. The highest BCUT2D eigenvalue weighted by Gasteiger charge is 2.31. The zero-order valence-corrected chi connectivity index (χ0v) is 19.0. The maximum absolute atomic E-state index is 12.4. The summed E-state index contributed by atoms with van der Waals surface area (Å²) >= 11 is 0. The summed E-state index contributed by atoms with van der Waals surface area (Å²) in [5.74, 6) is -0.423. The molecular weight excluding hydrogens is 438 g/mol. The minimum Gasteiger partial charge on any atom is -0.493 e. The van der Waals surface area contributed by atoms with Crippen LogP contribution in [0.1, 0.15) is 40.9 Å². The van der Waals surface area contributed by atoms with Gasteiger partial charge in [-0.25, -0.2) is 17.9 Å². The molecule has 0 fully saturated rings. The Hall–Kier alpha value is -3.11. The van der Waals surface area contributed by atoms with Crippen LogP contribution in [0, 0.1) is 0 Å². The van der Waals surface area contributed by atoms with Gasteiger partial charge >= 0.3 is 5.97 Å². The third-order valence-corrected chi connectivity index (χ3v) is 6.87. The van der Waals surface area contributed by atoms with Crippen molar-refractivity contribution in [3.8, 4) is 28.4 Å². The number of aromatic carboxylic acids is 1. The number of aryl methyl sites for hydroxylation is 1. The molecule has 0 heterocycles. The van der Waals surface area contributed by atoms with Gasteiger partial charge < -0.3 is 19.3 Å². The Labute approximate surface area is 186 Å². The van der Waals surface area contributed by atoms with Crippen LogP contribution in [-0.4, -0.2) is 46.6 Å². The van der Waals surface area contributed by atoms with Crippen molar-refractivity contribution in [2.45, 2.75) is 25.8 Å². The van der Waals surface area contributed by atoms with Crippen LogP contribution in [0.2, 0.25) is 0 Å². The topological polar surface area (TPSA) is 128 Å². The molecule has 2 N–H and O–H groups in total. The van der Waals surface area contributed by atoms with Crippen molar-refractivity contribution in [1.82, 2.24) is 4.72 Å². The van der Waals surface area contributed by atoms with Crippen molar-refractivity contribution in [2.24, 2.45) is 0 Å². The number of carboxylic acids is 1. The number of sulfonamides is 1. The number of hydrogen-bond donors (Lipinski definition) is 2. The van der Waals surface area contributed by atoms with Crippen LogP contribution in [0.4, 0.5) is 0 Å². The van der Waals surface area contributed by atoms with Gasteiger partial charge in [0.15, 0.2) is 16.9 Å². The van der Waals surface area contributed by atoms with E-state index in [1.54, 1.807) is 6.07 Å². The van der Waals surface area contributed by atoms with Gasteiger partial charge in [0, 0.05) is 11.6 Å². The van der Waals surface area contributed by atoms with E-state index in [2.05, 4.69) is 4.72 Å². The largest absolute Gasteiger partial charge is 0.493 e. The van der Waals surface area contributed by atoms with Gasteiger partial charge in [-0.2, -0.15) is 0 Å². The Morgan fingerprint density at radius 1 is 1.12 bits per heavy atom. The normalized spacial score (nSPS) is 15.2. The van der Waals surface area contributed by atoms with Crippen LogP contribution >= 0.6 is 0 Å². The Balaban J connectivity index is 2.44. The molecule has 0 aromatic heterocycles. The monoisotopic (exact) mass is 463 g/mol. The molecule has 0 saturated heterocycles. The molecule has 9 nitrogen and oxygen atoms in total. The summed E-state index contributed by atoms with van der Waals surface area (Å²) < 4.78 is 44.0. The number of ether oxygens (including phenoxy) is 3. The molecule has 1 atom stereocenters. The summed E-state index contributed by atoms with van der Waals surface area (Å²) in [7, 11) is 0.794. The average molecular weight is 464 g/mol. The van der Waals surface area contributed by atoms with Crippen molar-refractivity contribution >= 4 is 16.0 Å². The van der Waals surface area contributed by atoms with E-state index < -0.39 is 33.0 Å². The quantitative estimate of drug-likeness (QED) is 0.640. The zero-order valence-electron chi connectivity index (χ0n) is 18.2.